The van der Waals surface area contributed by atoms with Crippen molar-refractivity contribution in [3.8, 4) is 0 Å². The van der Waals surface area contributed by atoms with E-state index < -0.39 is 0 Å². The van der Waals surface area contributed by atoms with E-state index in [0.29, 0.717) is 11.3 Å². The maximum atomic E-state index is 13.9. The van der Waals surface area contributed by atoms with Crippen LogP contribution in [0.5, 0.6) is 0 Å². The van der Waals surface area contributed by atoms with E-state index in [1.165, 1.54) is 6.07 Å². The van der Waals surface area contributed by atoms with E-state index in [4.69, 9.17) is 5.11 Å². The number of aliphatic hydroxyl groups is 1. The highest BCUT2D eigenvalue weighted by Crippen LogP contribution is 2.35. The number of halogens is 1. The van der Waals surface area contributed by atoms with E-state index >= 15 is 0 Å². The van der Waals surface area contributed by atoms with Gasteiger partial charge in [0.1, 0.15) is 5.82 Å². The molecule has 1 aromatic rings. The van der Waals surface area contributed by atoms with E-state index in [2.05, 4.69) is 18.7 Å². The molecular formula is C13H18FNO. The summed E-state index contributed by atoms with van der Waals surface area (Å²) in [6, 6.07) is 4.98. The lowest BCUT2D eigenvalue weighted by Gasteiger charge is -2.34. The van der Waals surface area contributed by atoms with Gasteiger partial charge in [-0.2, -0.15) is 0 Å². The van der Waals surface area contributed by atoms with Crippen molar-refractivity contribution < 1.29 is 9.50 Å². The average molecular weight is 223 g/mol. The third-order valence-electron chi connectivity index (χ3n) is 3.39. The normalized spacial score (nSPS) is 19.1. The molecule has 1 aliphatic rings. The molecule has 1 heterocycles. The summed E-state index contributed by atoms with van der Waals surface area (Å²) in [4.78, 5) is 2.11. The Balaban J connectivity index is 2.34. The van der Waals surface area contributed by atoms with Gasteiger partial charge in [-0.1, -0.05) is 6.07 Å². The summed E-state index contributed by atoms with van der Waals surface area (Å²) >= 11 is 0. The lowest BCUT2D eigenvalue weighted by Crippen LogP contribution is -2.38. The topological polar surface area (TPSA) is 23.5 Å². The van der Waals surface area contributed by atoms with Crippen LogP contribution in [-0.2, 0) is 6.61 Å². The van der Waals surface area contributed by atoms with Crippen LogP contribution in [0.3, 0.4) is 0 Å². The fraction of sp³-hybridized carbons (Fsp3) is 0.538. The van der Waals surface area contributed by atoms with Crippen LogP contribution < -0.4 is 4.90 Å². The Kier molecular flexibility index (Phi) is 2.89. The quantitative estimate of drug-likeness (QED) is 0.833. The molecule has 0 spiro atoms. The molecule has 88 valence electrons. The zero-order valence-electron chi connectivity index (χ0n) is 9.83. The standard InChI is InChI=1S/C13H18FNO/c1-13(2)6-3-7-15(13)12-5-4-10(9-16)8-11(12)14/h4-5,8,16H,3,6-7,9H2,1-2H3. The van der Waals surface area contributed by atoms with Gasteiger partial charge in [0.05, 0.1) is 12.3 Å². The van der Waals surface area contributed by atoms with Gasteiger partial charge in [0.25, 0.3) is 0 Å². The Morgan fingerprint density at radius 2 is 2.19 bits per heavy atom. The van der Waals surface area contributed by atoms with E-state index in [1.54, 1.807) is 12.1 Å². The van der Waals surface area contributed by atoms with Crippen molar-refractivity contribution in [2.75, 3.05) is 11.4 Å². The summed E-state index contributed by atoms with van der Waals surface area (Å²) < 4.78 is 13.9. The largest absolute Gasteiger partial charge is 0.392 e. The van der Waals surface area contributed by atoms with Gasteiger partial charge in [0.15, 0.2) is 0 Å². The zero-order chi connectivity index (χ0) is 11.8. The molecule has 3 heteroatoms. The number of anilines is 1. The van der Waals surface area contributed by atoms with Gasteiger partial charge in [-0.15, -0.1) is 0 Å². The number of hydrogen-bond acceptors (Lipinski definition) is 2. The average Bonchev–Trinajstić information content (AvgIpc) is 2.58. The van der Waals surface area contributed by atoms with Crippen LogP contribution in [-0.4, -0.2) is 17.2 Å². The second-order valence-electron chi connectivity index (χ2n) is 5.01. The van der Waals surface area contributed by atoms with E-state index in [0.717, 1.165) is 19.4 Å². The summed E-state index contributed by atoms with van der Waals surface area (Å²) in [6.07, 6.45) is 2.20. The molecule has 1 aromatic carbocycles. The van der Waals surface area contributed by atoms with Gasteiger partial charge in [0, 0.05) is 12.1 Å². The molecule has 1 fully saturated rings. The molecule has 0 atom stereocenters. The molecule has 2 rings (SSSR count). The lowest BCUT2D eigenvalue weighted by atomic mass is 10.0. The molecule has 0 radical (unpaired) electrons. The SMILES string of the molecule is CC1(C)CCCN1c1ccc(CO)cc1F. The third kappa shape index (κ3) is 1.92. The molecule has 2 nitrogen and oxygen atoms in total. The maximum absolute atomic E-state index is 13.9. The van der Waals surface area contributed by atoms with Gasteiger partial charge in [-0.3, -0.25) is 0 Å². The van der Waals surface area contributed by atoms with Crippen LogP contribution in [0.25, 0.3) is 0 Å². The van der Waals surface area contributed by atoms with Crippen LogP contribution in [0, 0.1) is 5.82 Å². The van der Waals surface area contributed by atoms with Gasteiger partial charge in [0.2, 0.25) is 0 Å². The first-order chi connectivity index (χ1) is 7.54. The molecule has 16 heavy (non-hydrogen) atoms. The fourth-order valence-corrected chi connectivity index (χ4v) is 2.42. The van der Waals surface area contributed by atoms with Crippen molar-refractivity contribution in [2.24, 2.45) is 0 Å². The summed E-state index contributed by atoms with van der Waals surface area (Å²) in [7, 11) is 0. The number of rotatable bonds is 2. The van der Waals surface area contributed by atoms with Crippen LogP contribution in [0.4, 0.5) is 10.1 Å². The molecule has 0 saturated carbocycles. The minimum absolute atomic E-state index is 0.0293. The number of aliphatic hydroxyl groups excluding tert-OH is 1. The van der Waals surface area contributed by atoms with Crippen LogP contribution in [0.2, 0.25) is 0 Å². The Labute approximate surface area is 95.7 Å². The molecule has 0 unspecified atom stereocenters. The van der Waals surface area contributed by atoms with Gasteiger partial charge < -0.3 is 10.0 Å². The van der Waals surface area contributed by atoms with E-state index in [-0.39, 0.29) is 18.0 Å². The summed E-state index contributed by atoms with van der Waals surface area (Å²) in [5, 5.41) is 8.94. The Bertz CT molecular complexity index is 390. The number of benzene rings is 1. The molecule has 1 N–H and O–H groups in total. The first kappa shape index (κ1) is 11.4. The molecule has 0 aromatic heterocycles. The monoisotopic (exact) mass is 223 g/mol. The van der Waals surface area contributed by atoms with Crippen LogP contribution in [0.1, 0.15) is 32.3 Å². The predicted molar refractivity (Wildman–Crippen MR) is 63.0 cm³/mol. The predicted octanol–water partition coefficient (Wildman–Crippen LogP) is 2.70. The van der Waals surface area contributed by atoms with Gasteiger partial charge in [-0.05, 0) is 44.4 Å². The highest BCUT2D eigenvalue weighted by Gasteiger charge is 2.33. The molecular weight excluding hydrogens is 205 g/mol. The highest BCUT2D eigenvalue weighted by atomic mass is 19.1. The van der Waals surface area contributed by atoms with Gasteiger partial charge in [-0.25, -0.2) is 4.39 Å². The minimum atomic E-state index is -0.235. The van der Waals surface area contributed by atoms with Crippen molar-refractivity contribution in [3.05, 3.63) is 29.6 Å². The minimum Gasteiger partial charge on any atom is -0.392 e. The maximum Gasteiger partial charge on any atom is 0.146 e. The van der Waals surface area contributed by atoms with E-state index in [1.807, 2.05) is 0 Å². The lowest BCUT2D eigenvalue weighted by molar-refractivity contribution is 0.281. The smallest absolute Gasteiger partial charge is 0.146 e. The van der Waals surface area contributed by atoms with Crippen molar-refractivity contribution in [3.63, 3.8) is 0 Å². The molecule has 1 saturated heterocycles. The molecule has 0 aliphatic carbocycles. The zero-order valence-corrected chi connectivity index (χ0v) is 9.83. The van der Waals surface area contributed by atoms with Gasteiger partial charge >= 0.3 is 0 Å². The summed E-state index contributed by atoms with van der Waals surface area (Å²) in [5.41, 5.74) is 1.31. The fourth-order valence-electron chi connectivity index (χ4n) is 2.42. The molecule has 0 amide bonds. The summed E-state index contributed by atoms with van der Waals surface area (Å²) in [5.74, 6) is -0.235. The van der Waals surface area contributed by atoms with Crippen molar-refractivity contribution in [2.45, 2.75) is 38.8 Å². The second kappa shape index (κ2) is 4.06. The third-order valence-corrected chi connectivity index (χ3v) is 3.39. The van der Waals surface area contributed by atoms with Crippen LogP contribution >= 0.6 is 0 Å². The molecule has 1 aliphatic heterocycles. The molecule has 0 bridgehead atoms. The summed E-state index contributed by atoms with van der Waals surface area (Å²) in [6.45, 7) is 5.07. The number of nitrogens with zero attached hydrogens (tertiary/aromatic N) is 1. The van der Waals surface area contributed by atoms with E-state index in [9.17, 15) is 4.39 Å². The van der Waals surface area contributed by atoms with Crippen molar-refractivity contribution in [1.82, 2.24) is 0 Å². The first-order valence-corrected chi connectivity index (χ1v) is 5.71. The van der Waals surface area contributed by atoms with Crippen molar-refractivity contribution in [1.29, 1.82) is 0 Å². The van der Waals surface area contributed by atoms with Crippen LogP contribution in [0.15, 0.2) is 18.2 Å². The Morgan fingerprint density at radius 1 is 1.44 bits per heavy atom. The Hall–Kier alpha value is -1.09. The van der Waals surface area contributed by atoms with Crippen molar-refractivity contribution >= 4 is 5.69 Å². The first-order valence-electron chi connectivity index (χ1n) is 5.71. The highest BCUT2D eigenvalue weighted by molar-refractivity contribution is 5.52. The number of hydrogen-bond donors (Lipinski definition) is 1. The second-order valence-corrected chi connectivity index (χ2v) is 5.01. The Morgan fingerprint density at radius 3 is 2.69 bits per heavy atom.